The summed E-state index contributed by atoms with van der Waals surface area (Å²) in [5.74, 6) is 0.977. The van der Waals surface area contributed by atoms with E-state index in [0.29, 0.717) is 5.41 Å². The van der Waals surface area contributed by atoms with Crippen LogP contribution in [0, 0.1) is 11.3 Å². The number of rotatable bonds is 2. The van der Waals surface area contributed by atoms with Gasteiger partial charge in [0.05, 0.1) is 0 Å². The van der Waals surface area contributed by atoms with Gasteiger partial charge in [-0.2, -0.15) is 0 Å². The van der Waals surface area contributed by atoms with Gasteiger partial charge in [0.2, 0.25) is 0 Å². The number of likely N-dealkylation sites (tertiary alicyclic amines) is 1. The predicted octanol–water partition coefficient (Wildman–Crippen LogP) is 3.54. The highest BCUT2D eigenvalue weighted by Crippen LogP contribution is 2.31. The second-order valence-electron chi connectivity index (χ2n) is 6.34. The lowest BCUT2D eigenvalue weighted by atomic mass is 9.80. The molecule has 0 aromatic heterocycles. The van der Waals surface area contributed by atoms with Gasteiger partial charge in [-0.05, 0) is 57.5 Å². The van der Waals surface area contributed by atoms with Crippen LogP contribution in [0.2, 0.25) is 0 Å². The minimum atomic E-state index is 0.519. The molecule has 0 atom stereocenters. The van der Waals surface area contributed by atoms with Crippen LogP contribution >= 0.6 is 0 Å². The Bertz CT molecular complexity index is 159. The van der Waals surface area contributed by atoms with E-state index in [1.807, 2.05) is 0 Å². The highest BCUT2D eigenvalue weighted by atomic mass is 15.1. The van der Waals surface area contributed by atoms with Crippen LogP contribution in [0.1, 0.15) is 53.9 Å². The molecule has 0 amide bonds. The predicted molar refractivity (Wildman–Crippen MR) is 63.5 cm³/mol. The van der Waals surface area contributed by atoms with Gasteiger partial charge in [-0.15, -0.1) is 0 Å². The molecule has 1 rings (SSSR count). The van der Waals surface area contributed by atoms with Gasteiger partial charge in [-0.1, -0.05) is 20.8 Å². The normalized spacial score (nSPS) is 21.9. The van der Waals surface area contributed by atoms with Gasteiger partial charge in [-0.25, -0.2) is 0 Å². The topological polar surface area (TPSA) is 3.24 Å². The molecule has 0 radical (unpaired) electrons. The van der Waals surface area contributed by atoms with Crippen molar-refractivity contribution >= 4 is 0 Å². The molecule has 1 heterocycles. The average molecular weight is 197 g/mol. The smallest absolute Gasteiger partial charge is 0.00385 e. The molecule has 14 heavy (non-hydrogen) atoms. The summed E-state index contributed by atoms with van der Waals surface area (Å²) in [7, 11) is 0. The zero-order valence-corrected chi connectivity index (χ0v) is 10.6. The third-order valence-electron chi connectivity index (χ3n) is 3.28. The van der Waals surface area contributed by atoms with E-state index in [2.05, 4.69) is 39.5 Å². The van der Waals surface area contributed by atoms with Crippen molar-refractivity contribution in [2.45, 2.75) is 59.9 Å². The molecule has 84 valence electrons. The lowest BCUT2D eigenvalue weighted by Crippen LogP contribution is -2.39. The average Bonchev–Trinajstić information content (AvgIpc) is 2.02. The Hall–Kier alpha value is -0.0400. The Morgan fingerprint density at radius 3 is 2.00 bits per heavy atom. The van der Waals surface area contributed by atoms with E-state index >= 15 is 0 Å². The van der Waals surface area contributed by atoms with Crippen molar-refractivity contribution in [3.8, 4) is 0 Å². The van der Waals surface area contributed by atoms with E-state index < -0.39 is 0 Å². The summed E-state index contributed by atoms with van der Waals surface area (Å²) in [5, 5.41) is 0. The summed E-state index contributed by atoms with van der Waals surface area (Å²) in [6, 6.07) is 0.741. The summed E-state index contributed by atoms with van der Waals surface area (Å²) in [6.45, 7) is 14.3. The molecule has 0 bridgehead atoms. The van der Waals surface area contributed by atoms with Crippen LogP contribution in [0.4, 0.5) is 0 Å². The Morgan fingerprint density at radius 1 is 1.14 bits per heavy atom. The third-order valence-corrected chi connectivity index (χ3v) is 3.28. The van der Waals surface area contributed by atoms with Crippen LogP contribution in [0.5, 0.6) is 0 Å². The van der Waals surface area contributed by atoms with E-state index in [0.717, 1.165) is 12.0 Å². The number of piperidine rings is 1. The van der Waals surface area contributed by atoms with Gasteiger partial charge in [0.25, 0.3) is 0 Å². The Morgan fingerprint density at radius 2 is 1.64 bits per heavy atom. The van der Waals surface area contributed by atoms with Crippen LogP contribution in [0.25, 0.3) is 0 Å². The molecule has 0 N–H and O–H groups in total. The molecular formula is C13H27N. The molecule has 1 aliphatic heterocycles. The maximum absolute atomic E-state index is 2.61. The van der Waals surface area contributed by atoms with Crippen molar-refractivity contribution in [3.05, 3.63) is 0 Å². The van der Waals surface area contributed by atoms with Crippen molar-refractivity contribution in [2.24, 2.45) is 11.3 Å². The summed E-state index contributed by atoms with van der Waals surface area (Å²) in [5.41, 5.74) is 0.519. The molecule has 0 saturated carbocycles. The lowest BCUT2D eigenvalue weighted by Gasteiger charge is -2.36. The molecular weight excluding hydrogens is 170 g/mol. The zero-order chi connectivity index (χ0) is 10.8. The van der Waals surface area contributed by atoms with Crippen LogP contribution < -0.4 is 0 Å². The highest BCUT2D eigenvalue weighted by Gasteiger charge is 2.24. The maximum atomic E-state index is 2.61. The quantitative estimate of drug-likeness (QED) is 0.654. The van der Waals surface area contributed by atoms with Gasteiger partial charge in [0.1, 0.15) is 0 Å². The second-order valence-corrected chi connectivity index (χ2v) is 6.34. The third kappa shape index (κ3) is 4.00. The van der Waals surface area contributed by atoms with Crippen molar-refractivity contribution < 1.29 is 0 Å². The number of nitrogens with zero attached hydrogens (tertiary/aromatic N) is 1. The molecule has 1 fully saturated rings. The Labute approximate surface area is 89.9 Å². The molecule has 0 aliphatic carbocycles. The van der Waals surface area contributed by atoms with Crippen LogP contribution in [-0.4, -0.2) is 24.0 Å². The minimum Gasteiger partial charge on any atom is -0.301 e. The number of hydrogen-bond donors (Lipinski definition) is 0. The Kier molecular flexibility index (Phi) is 4.00. The molecule has 0 aromatic carbocycles. The summed E-state index contributed by atoms with van der Waals surface area (Å²) in [4.78, 5) is 2.61. The number of hydrogen-bond acceptors (Lipinski definition) is 1. The van der Waals surface area contributed by atoms with Gasteiger partial charge < -0.3 is 4.90 Å². The molecule has 0 aromatic rings. The maximum Gasteiger partial charge on any atom is 0.00385 e. The van der Waals surface area contributed by atoms with Crippen LogP contribution in [0.3, 0.4) is 0 Å². The summed E-state index contributed by atoms with van der Waals surface area (Å²) >= 11 is 0. The molecule has 1 nitrogen and oxygen atoms in total. The Balaban J connectivity index is 2.29. The van der Waals surface area contributed by atoms with Crippen molar-refractivity contribution in [2.75, 3.05) is 13.1 Å². The zero-order valence-electron chi connectivity index (χ0n) is 10.6. The minimum absolute atomic E-state index is 0.519. The highest BCUT2D eigenvalue weighted by molar-refractivity contribution is 4.77. The van der Waals surface area contributed by atoms with E-state index in [4.69, 9.17) is 0 Å². The standard InChI is InChI=1S/C13H27N/c1-11(2)14-8-6-12(7-9-14)10-13(3,4)5/h11-12H,6-10H2,1-5H3. The molecule has 0 spiro atoms. The van der Waals surface area contributed by atoms with E-state index in [9.17, 15) is 0 Å². The SMILES string of the molecule is CC(C)N1CCC(CC(C)(C)C)CC1. The van der Waals surface area contributed by atoms with Crippen molar-refractivity contribution in [1.82, 2.24) is 4.90 Å². The van der Waals surface area contributed by atoms with Crippen LogP contribution in [-0.2, 0) is 0 Å². The van der Waals surface area contributed by atoms with Crippen LogP contribution in [0.15, 0.2) is 0 Å². The van der Waals surface area contributed by atoms with Gasteiger partial charge >= 0.3 is 0 Å². The first-order chi connectivity index (χ1) is 6.38. The lowest BCUT2D eigenvalue weighted by molar-refractivity contribution is 0.127. The summed E-state index contributed by atoms with van der Waals surface area (Å²) < 4.78 is 0. The first-order valence-corrected chi connectivity index (χ1v) is 6.12. The van der Waals surface area contributed by atoms with Crippen molar-refractivity contribution in [3.63, 3.8) is 0 Å². The van der Waals surface area contributed by atoms with Gasteiger partial charge in [0.15, 0.2) is 0 Å². The van der Waals surface area contributed by atoms with Gasteiger partial charge in [0, 0.05) is 6.04 Å². The second kappa shape index (κ2) is 4.65. The first kappa shape index (κ1) is 12.0. The molecule has 0 unspecified atom stereocenters. The molecule has 1 heteroatoms. The molecule has 1 aliphatic rings. The fraction of sp³-hybridized carbons (Fsp3) is 1.00. The van der Waals surface area contributed by atoms with E-state index in [1.54, 1.807) is 0 Å². The monoisotopic (exact) mass is 197 g/mol. The fourth-order valence-corrected chi connectivity index (χ4v) is 2.54. The largest absolute Gasteiger partial charge is 0.301 e. The van der Waals surface area contributed by atoms with E-state index in [1.165, 1.54) is 32.4 Å². The first-order valence-electron chi connectivity index (χ1n) is 6.12. The molecule has 1 saturated heterocycles. The van der Waals surface area contributed by atoms with E-state index in [-0.39, 0.29) is 0 Å². The summed E-state index contributed by atoms with van der Waals surface area (Å²) in [6.07, 6.45) is 4.23. The van der Waals surface area contributed by atoms with Gasteiger partial charge in [-0.3, -0.25) is 0 Å². The van der Waals surface area contributed by atoms with Crippen molar-refractivity contribution in [1.29, 1.82) is 0 Å². The fourth-order valence-electron chi connectivity index (χ4n) is 2.54.